The molecule has 0 radical (unpaired) electrons. The van der Waals surface area contributed by atoms with Gasteiger partial charge in [-0.3, -0.25) is 11.3 Å². The molecule has 1 rings (SSSR count). The van der Waals surface area contributed by atoms with Crippen LogP contribution in [0.1, 0.15) is 25.5 Å². The predicted octanol–water partition coefficient (Wildman–Crippen LogP) is 2.65. The average molecular weight is 261 g/mol. The van der Waals surface area contributed by atoms with Gasteiger partial charge in [0.25, 0.3) is 0 Å². The van der Waals surface area contributed by atoms with Crippen LogP contribution in [0.2, 0.25) is 5.02 Å². The van der Waals surface area contributed by atoms with E-state index in [0.29, 0.717) is 10.6 Å². The predicted molar refractivity (Wildman–Crippen MR) is 67.1 cm³/mol. The van der Waals surface area contributed by atoms with Crippen molar-refractivity contribution in [3.63, 3.8) is 0 Å². The van der Waals surface area contributed by atoms with Crippen LogP contribution in [0.25, 0.3) is 0 Å². The number of halogens is 2. The zero-order valence-corrected chi connectivity index (χ0v) is 11.0. The Morgan fingerprint density at radius 2 is 2.06 bits per heavy atom. The smallest absolute Gasteiger partial charge is 0.123 e. The van der Waals surface area contributed by atoms with Crippen LogP contribution in [-0.4, -0.2) is 13.2 Å². The molecule has 0 saturated carbocycles. The summed E-state index contributed by atoms with van der Waals surface area (Å²) in [5.74, 6) is 5.41. The summed E-state index contributed by atoms with van der Waals surface area (Å²) in [4.78, 5) is 0. The minimum Gasteiger partial charge on any atom is -0.379 e. The number of nitrogens with one attached hydrogen (secondary N) is 1. The van der Waals surface area contributed by atoms with E-state index >= 15 is 0 Å². The topological polar surface area (TPSA) is 47.3 Å². The lowest BCUT2D eigenvalue weighted by Gasteiger charge is -2.29. The van der Waals surface area contributed by atoms with Crippen LogP contribution in [-0.2, 0) is 4.74 Å². The normalized spacial score (nSPS) is 15.0. The second kappa shape index (κ2) is 6.31. The maximum Gasteiger partial charge on any atom is 0.123 e. The van der Waals surface area contributed by atoms with Gasteiger partial charge in [0.2, 0.25) is 0 Å². The van der Waals surface area contributed by atoms with Crippen molar-refractivity contribution in [2.45, 2.75) is 26.0 Å². The SMILES string of the molecule is COC(C(C)C)C(NN)c1cc(F)ccc1Cl. The molecule has 0 amide bonds. The molecule has 96 valence electrons. The van der Waals surface area contributed by atoms with Crippen LogP contribution in [0.5, 0.6) is 0 Å². The first-order valence-corrected chi connectivity index (χ1v) is 5.83. The second-order valence-electron chi connectivity index (χ2n) is 4.25. The Morgan fingerprint density at radius 1 is 1.41 bits per heavy atom. The molecule has 0 fully saturated rings. The molecule has 0 aliphatic carbocycles. The second-order valence-corrected chi connectivity index (χ2v) is 4.66. The maximum absolute atomic E-state index is 13.2. The zero-order valence-electron chi connectivity index (χ0n) is 10.2. The van der Waals surface area contributed by atoms with Gasteiger partial charge in [-0.1, -0.05) is 25.4 Å². The zero-order chi connectivity index (χ0) is 13.0. The number of nitrogens with two attached hydrogens (primary N) is 1. The molecule has 0 aromatic heterocycles. The molecule has 0 bridgehead atoms. The number of hydrazine groups is 1. The van der Waals surface area contributed by atoms with Crippen LogP contribution >= 0.6 is 11.6 Å². The van der Waals surface area contributed by atoms with Crippen molar-refractivity contribution in [2.24, 2.45) is 11.8 Å². The number of hydrogen-bond acceptors (Lipinski definition) is 3. The van der Waals surface area contributed by atoms with Crippen molar-refractivity contribution in [3.05, 3.63) is 34.6 Å². The van der Waals surface area contributed by atoms with Crippen molar-refractivity contribution in [1.82, 2.24) is 5.43 Å². The summed E-state index contributed by atoms with van der Waals surface area (Å²) < 4.78 is 18.6. The lowest BCUT2D eigenvalue weighted by atomic mass is 9.94. The fraction of sp³-hybridized carbons (Fsp3) is 0.500. The molecule has 5 heteroatoms. The van der Waals surface area contributed by atoms with E-state index in [9.17, 15) is 4.39 Å². The highest BCUT2D eigenvalue weighted by Crippen LogP contribution is 2.29. The van der Waals surface area contributed by atoms with Crippen molar-refractivity contribution in [3.8, 4) is 0 Å². The summed E-state index contributed by atoms with van der Waals surface area (Å²) in [7, 11) is 1.60. The summed E-state index contributed by atoms with van der Waals surface area (Å²) in [6, 6.07) is 3.87. The van der Waals surface area contributed by atoms with E-state index in [1.54, 1.807) is 7.11 Å². The van der Waals surface area contributed by atoms with Crippen LogP contribution in [0.4, 0.5) is 4.39 Å². The Bertz CT molecular complexity index is 374. The lowest BCUT2D eigenvalue weighted by molar-refractivity contribution is 0.0326. The molecule has 0 aliphatic heterocycles. The van der Waals surface area contributed by atoms with Gasteiger partial charge in [-0.2, -0.15) is 0 Å². The monoisotopic (exact) mass is 260 g/mol. The van der Waals surface area contributed by atoms with Crippen molar-refractivity contribution >= 4 is 11.6 Å². The number of benzene rings is 1. The van der Waals surface area contributed by atoms with Gasteiger partial charge < -0.3 is 4.74 Å². The number of hydrogen-bond donors (Lipinski definition) is 2. The van der Waals surface area contributed by atoms with Gasteiger partial charge in [0.05, 0.1) is 12.1 Å². The highest BCUT2D eigenvalue weighted by atomic mass is 35.5. The molecule has 1 aromatic carbocycles. The third-order valence-corrected chi connectivity index (χ3v) is 3.07. The van der Waals surface area contributed by atoms with Crippen LogP contribution < -0.4 is 11.3 Å². The Morgan fingerprint density at radius 3 is 2.53 bits per heavy atom. The molecule has 0 saturated heterocycles. The average Bonchev–Trinajstić information content (AvgIpc) is 2.28. The summed E-state index contributed by atoms with van der Waals surface area (Å²) in [5.41, 5.74) is 3.25. The largest absolute Gasteiger partial charge is 0.379 e. The molecule has 0 aliphatic rings. The molecule has 0 spiro atoms. The van der Waals surface area contributed by atoms with E-state index < -0.39 is 0 Å². The molecule has 1 aromatic rings. The molecule has 17 heavy (non-hydrogen) atoms. The molecule has 3 nitrogen and oxygen atoms in total. The number of ether oxygens (including phenoxy) is 1. The first-order valence-electron chi connectivity index (χ1n) is 5.45. The summed E-state index contributed by atoms with van der Waals surface area (Å²) in [5, 5.41) is 0.469. The third kappa shape index (κ3) is 3.39. The summed E-state index contributed by atoms with van der Waals surface area (Å²) in [6.45, 7) is 4.01. The number of methoxy groups -OCH3 is 1. The van der Waals surface area contributed by atoms with Gasteiger partial charge >= 0.3 is 0 Å². The van der Waals surface area contributed by atoms with Gasteiger partial charge in [0, 0.05) is 12.1 Å². The highest BCUT2D eigenvalue weighted by Gasteiger charge is 2.26. The van der Waals surface area contributed by atoms with E-state index in [0.717, 1.165) is 0 Å². The van der Waals surface area contributed by atoms with Crippen molar-refractivity contribution in [1.29, 1.82) is 0 Å². The third-order valence-electron chi connectivity index (χ3n) is 2.73. The number of rotatable bonds is 5. The molecular formula is C12H18ClFN2O. The van der Waals surface area contributed by atoms with E-state index in [2.05, 4.69) is 5.43 Å². The molecule has 2 atom stereocenters. The van der Waals surface area contributed by atoms with Crippen molar-refractivity contribution < 1.29 is 9.13 Å². The maximum atomic E-state index is 13.2. The van der Waals surface area contributed by atoms with Gasteiger partial charge in [0.15, 0.2) is 0 Å². The van der Waals surface area contributed by atoms with Crippen LogP contribution in [0.15, 0.2) is 18.2 Å². The Hall–Kier alpha value is -0.680. The molecular weight excluding hydrogens is 243 g/mol. The van der Waals surface area contributed by atoms with E-state index in [1.165, 1.54) is 18.2 Å². The Kier molecular flexibility index (Phi) is 5.33. The Labute approximate surface area is 106 Å². The van der Waals surface area contributed by atoms with E-state index in [1.807, 2.05) is 13.8 Å². The van der Waals surface area contributed by atoms with Gasteiger partial charge in [-0.05, 0) is 29.7 Å². The molecule has 2 unspecified atom stereocenters. The lowest BCUT2D eigenvalue weighted by Crippen LogP contribution is -2.40. The highest BCUT2D eigenvalue weighted by molar-refractivity contribution is 6.31. The van der Waals surface area contributed by atoms with Gasteiger partial charge in [-0.25, -0.2) is 4.39 Å². The van der Waals surface area contributed by atoms with Gasteiger partial charge in [-0.15, -0.1) is 0 Å². The minimum absolute atomic E-state index is 0.181. The molecule has 3 N–H and O–H groups in total. The van der Waals surface area contributed by atoms with E-state index in [4.69, 9.17) is 22.2 Å². The Balaban J connectivity index is 3.11. The fourth-order valence-electron chi connectivity index (χ4n) is 1.91. The van der Waals surface area contributed by atoms with Crippen molar-refractivity contribution in [2.75, 3.05) is 7.11 Å². The first kappa shape index (κ1) is 14.4. The fourth-order valence-corrected chi connectivity index (χ4v) is 2.14. The first-order chi connectivity index (χ1) is 8.01. The van der Waals surface area contributed by atoms with Gasteiger partial charge in [0.1, 0.15) is 5.82 Å². The standard InChI is InChI=1S/C12H18ClFN2O/c1-7(2)12(17-3)11(16-15)9-6-8(14)4-5-10(9)13/h4-7,11-12,16H,15H2,1-3H3. The van der Waals surface area contributed by atoms with E-state index in [-0.39, 0.29) is 23.9 Å². The van der Waals surface area contributed by atoms with Crippen LogP contribution in [0.3, 0.4) is 0 Å². The van der Waals surface area contributed by atoms with Crippen LogP contribution in [0, 0.1) is 11.7 Å². The minimum atomic E-state index is -0.344. The summed E-state index contributed by atoms with van der Waals surface area (Å²) in [6.07, 6.45) is -0.181. The summed E-state index contributed by atoms with van der Waals surface area (Å²) >= 11 is 6.06. The quantitative estimate of drug-likeness (QED) is 0.632. The molecule has 0 heterocycles.